The van der Waals surface area contributed by atoms with Crippen molar-refractivity contribution in [3.63, 3.8) is 0 Å². The largest absolute Gasteiger partial charge is 0.323 e. The molecule has 1 fully saturated rings. The fourth-order valence-electron chi connectivity index (χ4n) is 2.95. The van der Waals surface area contributed by atoms with E-state index in [1.807, 2.05) is 12.1 Å². The Morgan fingerprint density at radius 3 is 2.88 bits per heavy atom. The molecular formula is C17H18FN4OS+. The quantitative estimate of drug-likeness (QED) is 0.759. The molecule has 0 aliphatic heterocycles. The highest BCUT2D eigenvalue weighted by Crippen LogP contribution is 2.18. The molecule has 124 valence electrons. The fourth-order valence-corrected chi connectivity index (χ4v) is 3.95. The minimum absolute atomic E-state index is 0.151. The van der Waals surface area contributed by atoms with Gasteiger partial charge in [-0.3, -0.25) is 4.79 Å². The maximum Gasteiger partial charge on any atom is 0.275 e. The van der Waals surface area contributed by atoms with Gasteiger partial charge in [0.25, 0.3) is 5.56 Å². The molecule has 0 bridgehead atoms. The van der Waals surface area contributed by atoms with Crippen molar-refractivity contribution in [2.45, 2.75) is 38.9 Å². The normalized spacial score (nSPS) is 15.8. The molecule has 1 aliphatic carbocycles. The van der Waals surface area contributed by atoms with Crippen LogP contribution in [0.2, 0.25) is 0 Å². The van der Waals surface area contributed by atoms with E-state index in [-0.39, 0.29) is 11.4 Å². The summed E-state index contributed by atoms with van der Waals surface area (Å²) in [6, 6.07) is 8.95. The van der Waals surface area contributed by atoms with E-state index in [9.17, 15) is 9.18 Å². The lowest BCUT2D eigenvalue weighted by Crippen LogP contribution is -3.10. The number of nitrogens with zero attached hydrogens (tertiary/aromatic N) is 3. The summed E-state index contributed by atoms with van der Waals surface area (Å²) in [4.78, 5) is 18.3. The number of aryl methyl sites for hydroxylation is 1. The lowest BCUT2D eigenvalue weighted by molar-refractivity contribution is -0.938. The number of hydrogen-bond donors (Lipinski definition) is 1. The molecule has 1 aliphatic rings. The van der Waals surface area contributed by atoms with Crippen LogP contribution >= 0.6 is 11.3 Å². The van der Waals surface area contributed by atoms with Gasteiger partial charge in [-0.15, -0.1) is 0 Å². The number of halogens is 1. The zero-order chi connectivity index (χ0) is 16.7. The summed E-state index contributed by atoms with van der Waals surface area (Å²) < 4.78 is 15.3. The zero-order valence-electron chi connectivity index (χ0n) is 13.3. The molecule has 4 rings (SSSR count). The maximum absolute atomic E-state index is 14.0. The third-order valence-electron chi connectivity index (χ3n) is 4.32. The number of quaternary nitrogens is 1. The second-order valence-electron chi connectivity index (χ2n) is 6.30. The second-order valence-corrected chi connectivity index (χ2v) is 7.34. The van der Waals surface area contributed by atoms with Crippen LogP contribution in [-0.2, 0) is 13.1 Å². The number of rotatable bonds is 5. The Morgan fingerprint density at radius 1 is 1.33 bits per heavy atom. The van der Waals surface area contributed by atoms with Crippen molar-refractivity contribution in [1.29, 1.82) is 0 Å². The van der Waals surface area contributed by atoms with Crippen LogP contribution in [-0.4, -0.2) is 20.6 Å². The highest BCUT2D eigenvalue weighted by atomic mass is 32.1. The van der Waals surface area contributed by atoms with Gasteiger partial charge in [0, 0.05) is 30.2 Å². The van der Waals surface area contributed by atoms with Crippen LogP contribution in [0.3, 0.4) is 0 Å². The van der Waals surface area contributed by atoms with Crippen LogP contribution in [0.25, 0.3) is 4.96 Å². The van der Waals surface area contributed by atoms with Gasteiger partial charge in [0.2, 0.25) is 4.96 Å². The molecule has 5 nitrogen and oxygen atoms in total. The van der Waals surface area contributed by atoms with Crippen molar-refractivity contribution in [2.75, 3.05) is 0 Å². The van der Waals surface area contributed by atoms with E-state index in [0.29, 0.717) is 29.8 Å². The Balaban J connectivity index is 1.61. The molecule has 0 saturated heterocycles. The molecular weight excluding hydrogens is 327 g/mol. The summed E-state index contributed by atoms with van der Waals surface area (Å²) in [5, 5.41) is 5.28. The summed E-state index contributed by atoms with van der Waals surface area (Å²) in [5.74, 6) is -0.159. The first-order chi connectivity index (χ1) is 11.6. The minimum Gasteiger partial charge on any atom is -0.323 e. The smallest absolute Gasteiger partial charge is 0.275 e. The Hall–Kier alpha value is -2.12. The summed E-state index contributed by atoms with van der Waals surface area (Å²) in [7, 11) is 0. The van der Waals surface area contributed by atoms with Gasteiger partial charge in [-0.25, -0.2) is 9.37 Å². The first-order valence-electron chi connectivity index (χ1n) is 8.04. The number of hydrogen-bond acceptors (Lipinski definition) is 4. The van der Waals surface area contributed by atoms with Crippen LogP contribution in [0.1, 0.15) is 29.1 Å². The second kappa shape index (κ2) is 6.07. The maximum atomic E-state index is 14.0. The van der Waals surface area contributed by atoms with Crippen molar-refractivity contribution < 1.29 is 9.29 Å². The molecule has 1 N–H and O–H groups in total. The van der Waals surface area contributed by atoms with Crippen LogP contribution in [0.5, 0.6) is 0 Å². The first-order valence-corrected chi connectivity index (χ1v) is 8.86. The van der Waals surface area contributed by atoms with Crippen molar-refractivity contribution in [3.8, 4) is 0 Å². The number of fused-ring (bicyclic) bond motifs is 1. The van der Waals surface area contributed by atoms with Gasteiger partial charge in [-0.2, -0.15) is 9.61 Å². The van der Waals surface area contributed by atoms with E-state index >= 15 is 0 Å². The van der Waals surface area contributed by atoms with Crippen molar-refractivity contribution in [2.24, 2.45) is 0 Å². The summed E-state index contributed by atoms with van der Waals surface area (Å²) >= 11 is 1.44. The SMILES string of the molecule is Cc1cc(=O)n2nc(C[NH+](Cc3ccccc3F)C3CC3)sc2n1. The lowest BCUT2D eigenvalue weighted by Gasteiger charge is -2.18. The fraction of sp³-hybridized carbons (Fsp3) is 0.353. The Morgan fingerprint density at radius 2 is 2.12 bits per heavy atom. The molecule has 0 radical (unpaired) electrons. The monoisotopic (exact) mass is 345 g/mol. The van der Waals surface area contributed by atoms with E-state index in [2.05, 4.69) is 10.1 Å². The van der Waals surface area contributed by atoms with Gasteiger partial charge < -0.3 is 4.90 Å². The Bertz CT molecular complexity index is 947. The molecule has 1 saturated carbocycles. The van der Waals surface area contributed by atoms with Gasteiger partial charge >= 0.3 is 0 Å². The Kier molecular flexibility index (Phi) is 3.90. The predicted octanol–water partition coefficient (Wildman–Crippen LogP) is 1.35. The molecule has 3 aromatic rings. The van der Waals surface area contributed by atoms with Gasteiger partial charge in [0.1, 0.15) is 18.9 Å². The van der Waals surface area contributed by atoms with Gasteiger partial charge in [-0.1, -0.05) is 29.5 Å². The zero-order valence-corrected chi connectivity index (χ0v) is 14.1. The first kappa shape index (κ1) is 15.4. The van der Waals surface area contributed by atoms with Crippen LogP contribution < -0.4 is 10.5 Å². The van der Waals surface area contributed by atoms with E-state index in [4.69, 9.17) is 0 Å². The highest BCUT2D eigenvalue weighted by Gasteiger charge is 2.34. The molecule has 1 unspecified atom stereocenters. The topological polar surface area (TPSA) is 51.7 Å². The molecule has 7 heteroatoms. The van der Waals surface area contributed by atoms with Crippen LogP contribution in [0.15, 0.2) is 35.1 Å². The minimum atomic E-state index is -0.159. The van der Waals surface area contributed by atoms with Gasteiger partial charge in [0.15, 0.2) is 5.01 Å². The average molecular weight is 345 g/mol. The average Bonchev–Trinajstić information content (AvgIpc) is 3.30. The molecule has 2 heterocycles. The third-order valence-corrected chi connectivity index (χ3v) is 5.23. The van der Waals surface area contributed by atoms with E-state index in [1.165, 1.54) is 32.9 Å². The summed E-state index contributed by atoms with van der Waals surface area (Å²) in [5.41, 5.74) is 1.28. The van der Waals surface area contributed by atoms with E-state index in [1.54, 1.807) is 13.0 Å². The number of benzene rings is 1. The number of aromatic nitrogens is 3. The van der Waals surface area contributed by atoms with E-state index < -0.39 is 0 Å². The van der Waals surface area contributed by atoms with Crippen molar-refractivity contribution in [1.82, 2.24) is 14.6 Å². The molecule has 0 amide bonds. The van der Waals surface area contributed by atoms with Crippen LogP contribution in [0, 0.1) is 12.7 Å². The lowest BCUT2D eigenvalue weighted by atomic mass is 10.2. The standard InChI is InChI=1S/C17H17FN4OS/c1-11-8-16(23)22-17(19-11)24-15(20-22)10-21(13-6-7-13)9-12-4-2-3-5-14(12)18/h2-5,8,13H,6-7,9-10H2,1H3/p+1. The molecule has 1 aromatic carbocycles. The Labute approximate surface area is 142 Å². The predicted molar refractivity (Wildman–Crippen MR) is 89.7 cm³/mol. The molecule has 0 spiro atoms. The summed E-state index contributed by atoms with van der Waals surface area (Å²) in [6.07, 6.45) is 2.32. The summed E-state index contributed by atoms with van der Waals surface area (Å²) in [6.45, 7) is 3.13. The van der Waals surface area contributed by atoms with Crippen LogP contribution in [0.4, 0.5) is 4.39 Å². The van der Waals surface area contributed by atoms with Crippen molar-refractivity contribution in [3.05, 3.63) is 62.8 Å². The van der Waals surface area contributed by atoms with Gasteiger partial charge in [-0.05, 0) is 13.0 Å². The highest BCUT2D eigenvalue weighted by molar-refractivity contribution is 7.16. The third kappa shape index (κ3) is 3.09. The van der Waals surface area contributed by atoms with Gasteiger partial charge in [0.05, 0.1) is 6.04 Å². The van der Waals surface area contributed by atoms with E-state index in [0.717, 1.165) is 23.4 Å². The van der Waals surface area contributed by atoms with Crippen molar-refractivity contribution >= 4 is 16.3 Å². The molecule has 24 heavy (non-hydrogen) atoms. The number of nitrogens with one attached hydrogen (secondary N) is 1. The molecule has 1 atom stereocenters. The molecule has 2 aromatic heterocycles.